The number of nitrogens with two attached hydrogens (primary N) is 1. The maximum atomic E-state index is 12.6. The fourth-order valence-corrected chi connectivity index (χ4v) is 3.12. The van der Waals surface area contributed by atoms with E-state index in [4.69, 9.17) is 28.9 Å². The summed E-state index contributed by atoms with van der Waals surface area (Å²) in [5.74, 6) is -0.0754. The van der Waals surface area contributed by atoms with Gasteiger partial charge in [0.05, 0.1) is 15.6 Å². The van der Waals surface area contributed by atoms with Crippen LogP contribution in [0, 0.1) is 0 Å². The Balaban J connectivity index is 2.31. The number of halogens is 2. The molecule has 0 bridgehead atoms. The molecule has 1 aliphatic carbocycles. The van der Waals surface area contributed by atoms with Crippen LogP contribution >= 0.6 is 23.2 Å². The van der Waals surface area contributed by atoms with E-state index in [2.05, 4.69) is 0 Å². The van der Waals surface area contributed by atoms with Crippen LogP contribution in [0.1, 0.15) is 43.0 Å². The smallest absolute Gasteiger partial charge is 0.255 e. The molecule has 1 amide bonds. The van der Waals surface area contributed by atoms with Crippen molar-refractivity contribution in [3.8, 4) is 0 Å². The van der Waals surface area contributed by atoms with Gasteiger partial charge in [0.2, 0.25) is 0 Å². The van der Waals surface area contributed by atoms with Crippen LogP contribution in [0.25, 0.3) is 0 Å². The Morgan fingerprint density at radius 1 is 1.37 bits per heavy atom. The average molecular weight is 301 g/mol. The van der Waals surface area contributed by atoms with Crippen LogP contribution in [0.3, 0.4) is 0 Å². The zero-order valence-corrected chi connectivity index (χ0v) is 12.5. The van der Waals surface area contributed by atoms with Crippen molar-refractivity contribution >= 4 is 34.8 Å². The Morgan fingerprint density at radius 3 is 2.58 bits per heavy atom. The van der Waals surface area contributed by atoms with Gasteiger partial charge < -0.3 is 10.6 Å². The Morgan fingerprint density at radius 2 is 2.00 bits per heavy atom. The van der Waals surface area contributed by atoms with E-state index in [1.165, 1.54) is 12.8 Å². The number of nitrogens with zero attached hydrogens (tertiary/aromatic N) is 1. The van der Waals surface area contributed by atoms with Gasteiger partial charge in [-0.15, -0.1) is 0 Å². The summed E-state index contributed by atoms with van der Waals surface area (Å²) in [7, 11) is 0. The Hall–Kier alpha value is -0.930. The molecule has 0 atom stereocenters. The third-order valence-electron chi connectivity index (χ3n) is 3.65. The van der Waals surface area contributed by atoms with E-state index in [1.807, 2.05) is 11.8 Å². The summed E-state index contributed by atoms with van der Waals surface area (Å²) in [5, 5.41) is 0.616. The normalized spacial score (nSPS) is 15.7. The van der Waals surface area contributed by atoms with E-state index >= 15 is 0 Å². The molecule has 1 aromatic carbocycles. The number of amides is 1. The Labute approximate surface area is 123 Å². The molecule has 0 saturated heterocycles. The molecule has 5 heteroatoms. The van der Waals surface area contributed by atoms with Gasteiger partial charge in [0.25, 0.3) is 5.91 Å². The number of anilines is 1. The third kappa shape index (κ3) is 2.98. The van der Waals surface area contributed by atoms with Gasteiger partial charge in [0, 0.05) is 18.3 Å². The summed E-state index contributed by atoms with van der Waals surface area (Å²) in [6, 6.07) is 3.48. The lowest BCUT2D eigenvalue weighted by atomic mass is 10.1. The van der Waals surface area contributed by atoms with Gasteiger partial charge in [0.15, 0.2) is 0 Å². The lowest BCUT2D eigenvalue weighted by molar-refractivity contribution is 0.0694. The van der Waals surface area contributed by atoms with Crippen LogP contribution in [0.15, 0.2) is 12.1 Å². The first-order valence-corrected chi connectivity index (χ1v) is 7.35. The maximum absolute atomic E-state index is 12.6. The molecule has 0 spiro atoms. The molecule has 2 N–H and O–H groups in total. The number of hydrogen-bond donors (Lipinski definition) is 1. The van der Waals surface area contributed by atoms with Gasteiger partial charge in [-0.1, -0.05) is 36.0 Å². The standard InChI is InChI=1S/C14H18Cl2N2O/c1-2-18(10-5-3-4-6-10)14(19)11-7-9(17)8-12(15)13(11)16/h7-8,10H,2-6,17H2,1H3. The van der Waals surface area contributed by atoms with Crippen molar-refractivity contribution in [1.29, 1.82) is 0 Å². The summed E-state index contributed by atoms with van der Waals surface area (Å²) in [6.45, 7) is 2.66. The summed E-state index contributed by atoms with van der Waals surface area (Å²) >= 11 is 12.1. The van der Waals surface area contributed by atoms with E-state index in [0.717, 1.165) is 12.8 Å². The molecule has 2 rings (SSSR count). The highest BCUT2D eigenvalue weighted by molar-refractivity contribution is 6.44. The van der Waals surface area contributed by atoms with Gasteiger partial charge in [0.1, 0.15) is 0 Å². The molecular weight excluding hydrogens is 283 g/mol. The topological polar surface area (TPSA) is 46.3 Å². The van der Waals surface area contributed by atoms with Crippen LogP contribution < -0.4 is 5.73 Å². The molecule has 0 unspecified atom stereocenters. The van der Waals surface area contributed by atoms with E-state index < -0.39 is 0 Å². The van der Waals surface area contributed by atoms with Gasteiger partial charge in [-0.05, 0) is 31.9 Å². The summed E-state index contributed by atoms with van der Waals surface area (Å²) < 4.78 is 0. The van der Waals surface area contributed by atoms with E-state index in [0.29, 0.717) is 28.9 Å². The highest BCUT2D eigenvalue weighted by atomic mass is 35.5. The second-order valence-electron chi connectivity index (χ2n) is 4.89. The van der Waals surface area contributed by atoms with Crippen molar-refractivity contribution in [2.45, 2.75) is 38.6 Å². The molecule has 0 heterocycles. The molecule has 3 nitrogen and oxygen atoms in total. The molecule has 1 aliphatic rings. The third-order valence-corrected chi connectivity index (χ3v) is 4.45. The SMILES string of the molecule is CCN(C(=O)c1cc(N)cc(Cl)c1Cl)C1CCCC1. The van der Waals surface area contributed by atoms with Gasteiger partial charge in [-0.2, -0.15) is 0 Å². The van der Waals surface area contributed by atoms with Gasteiger partial charge >= 0.3 is 0 Å². The monoisotopic (exact) mass is 300 g/mol. The first-order valence-electron chi connectivity index (χ1n) is 6.60. The lowest BCUT2D eigenvalue weighted by Gasteiger charge is -2.28. The maximum Gasteiger partial charge on any atom is 0.255 e. The summed E-state index contributed by atoms with van der Waals surface area (Å²) in [5.41, 5.74) is 6.61. The number of carbonyl (C=O) groups excluding carboxylic acids is 1. The highest BCUT2D eigenvalue weighted by Gasteiger charge is 2.27. The minimum absolute atomic E-state index is 0.0754. The molecule has 1 saturated carbocycles. The first kappa shape index (κ1) is 14.5. The molecule has 0 radical (unpaired) electrons. The van der Waals surface area contributed by atoms with Crippen LogP contribution in [-0.2, 0) is 0 Å². The number of rotatable bonds is 3. The molecule has 1 aromatic rings. The highest BCUT2D eigenvalue weighted by Crippen LogP contribution is 2.31. The minimum atomic E-state index is -0.0754. The lowest BCUT2D eigenvalue weighted by Crippen LogP contribution is -2.38. The van der Waals surface area contributed by atoms with Crippen molar-refractivity contribution < 1.29 is 4.79 Å². The zero-order valence-electron chi connectivity index (χ0n) is 11.0. The van der Waals surface area contributed by atoms with Crippen molar-refractivity contribution in [3.63, 3.8) is 0 Å². The summed E-state index contributed by atoms with van der Waals surface area (Å²) in [6.07, 6.45) is 4.49. The van der Waals surface area contributed by atoms with Crippen LogP contribution in [0.5, 0.6) is 0 Å². The average Bonchev–Trinajstić information content (AvgIpc) is 2.88. The number of hydrogen-bond acceptors (Lipinski definition) is 2. The second-order valence-corrected chi connectivity index (χ2v) is 5.68. The van der Waals surface area contributed by atoms with E-state index in [9.17, 15) is 4.79 Å². The number of benzene rings is 1. The van der Waals surface area contributed by atoms with Crippen molar-refractivity contribution in [1.82, 2.24) is 4.90 Å². The van der Waals surface area contributed by atoms with Crippen molar-refractivity contribution in [2.75, 3.05) is 12.3 Å². The second kappa shape index (κ2) is 6.02. The molecule has 104 valence electrons. The van der Waals surface area contributed by atoms with Crippen LogP contribution in [-0.4, -0.2) is 23.4 Å². The molecule has 0 aliphatic heterocycles. The Bertz CT molecular complexity index is 485. The predicted octanol–water partition coefficient (Wildman–Crippen LogP) is 3.98. The zero-order chi connectivity index (χ0) is 14.0. The minimum Gasteiger partial charge on any atom is -0.399 e. The van der Waals surface area contributed by atoms with Gasteiger partial charge in [-0.25, -0.2) is 0 Å². The largest absolute Gasteiger partial charge is 0.399 e. The fraction of sp³-hybridized carbons (Fsp3) is 0.500. The molecule has 19 heavy (non-hydrogen) atoms. The van der Waals surface area contributed by atoms with Crippen molar-refractivity contribution in [2.24, 2.45) is 0 Å². The van der Waals surface area contributed by atoms with Crippen LogP contribution in [0.4, 0.5) is 5.69 Å². The molecule has 0 aromatic heterocycles. The van der Waals surface area contributed by atoms with Crippen molar-refractivity contribution in [3.05, 3.63) is 27.7 Å². The summed E-state index contributed by atoms with van der Waals surface area (Å²) in [4.78, 5) is 14.5. The Kier molecular flexibility index (Phi) is 4.58. The quantitative estimate of drug-likeness (QED) is 0.858. The van der Waals surface area contributed by atoms with E-state index in [-0.39, 0.29) is 10.9 Å². The van der Waals surface area contributed by atoms with Gasteiger partial charge in [-0.3, -0.25) is 4.79 Å². The number of carbonyl (C=O) groups is 1. The first-order chi connectivity index (χ1) is 9.04. The fourth-order valence-electron chi connectivity index (χ4n) is 2.70. The molecule has 1 fully saturated rings. The number of nitrogen functional groups attached to an aromatic ring is 1. The molecular formula is C14H18Cl2N2O. The predicted molar refractivity (Wildman–Crippen MR) is 79.8 cm³/mol. The van der Waals surface area contributed by atoms with E-state index in [1.54, 1.807) is 12.1 Å². The van der Waals surface area contributed by atoms with Crippen LogP contribution in [0.2, 0.25) is 10.0 Å².